The Labute approximate surface area is 125 Å². The molecule has 0 bridgehead atoms. The van der Waals surface area contributed by atoms with Gasteiger partial charge in [0, 0.05) is 26.2 Å². The Hall–Kier alpha value is -0.720. The summed E-state index contributed by atoms with van der Waals surface area (Å²) >= 11 is 11.7. The second kappa shape index (κ2) is 6.37. The minimum absolute atomic E-state index is 0.209. The van der Waals surface area contributed by atoms with Crippen molar-refractivity contribution in [2.75, 3.05) is 37.6 Å². The Kier molecular flexibility index (Phi) is 4.99. The summed E-state index contributed by atoms with van der Waals surface area (Å²) in [5, 5.41) is 0.499. The molecule has 0 amide bonds. The molecule has 1 fully saturated rings. The normalized spacial score (nSPS) is 17.6. The number of alkyl halides is 4. The second-order valence-corrected chi connectivity index (χ2v) is 5.28. The van der Waals surface area contributed by atoms with Gasteiger partial charge in [-0.3, -0.25) is 4.90 Å². The molecule has 0 radical (unpaired) electrons. The van der Waals surface area contributed by atoms with Crippen LogP contribution in [0.3, 0.4) is 0 Å². The number of nitrogens with zero attached hydrogens (tertiary/aromatic N) is 3. The van der Waals surface area contributed by atoms with Crippen LogP contribution in [0.1, 0.15) is 5.69 Å². The molecule has 20 heavy (non-hydrogen) atoms. The van der Waals surface area contributed by atoms with Gasteiger partial charge in [-0.2, -0.15) is 13.2 Å². The lowest BCUT2D eigenvalue weighted by Crippen LogP contribution is -2.49. The third-order valence-electron chi connectivity index (χ3n) is 3.13. The van der Waals surface area contributed by atoms with E-state index in [-0.39, 0.29) is 5.88 Å². The van der Waals surface area contributed by atoms with Gasteiger partial charge in [0.2, 0.25) is 0 Å². The van der Waals surface area contributed by atoms with Crippen molar-refractivity contribution in [3.63, 3.8) is 0 Å². The van der Waals surface area contributed by atoms with Crippen molar-refractivity contribution in [1.82, 2.24) is 9.88 Å². The Bertz CT molecular complexity index is 460. The summed E-state index contributed by atoms with van der Waals surface area (Å²) in [7, 11) is 0. The van der Waals surface area contributed by atoms with Crippen LogP contribution in [-0.2, 0) is 5.88 Å². The molecule has 0 atom stereocenters. The summed E-state index contributed by atoms with van der Waals surface area (Å²) in [4.78, 5) is 7.68. The first-order valence-electron chi connectivity index (χ1n) is 6.14. The molecule has 2 heterocycles. The van der Waals surface area contributed by atoms with E-state index in [9.17, 15) is 13.2 Å². The van der Waals surface area contributed by atoms with E-state index in [1.807, 2.05) is 4.90 Å². The van der Waals surface area contributed by atoms with Gasteiger partial charge in [0.05, 0.1) is 23.1 Å². The maximum absolute atomic E-state index is 12.3. The number of piperazine rings is 1. The van der Waals surface area contributed by atoms with Crippen molar-refractivity contribution in [3.8, 4) is 0 Å². The van der Waals surface area contributed by atoms with E-state index in [0.29, 0.717) is 42.7 Å². The lowest BCUT2D eigenvalue weighted by Gasteiger charge is -2.35. The van der Waals surface area contributed by atoms with Crippen LogP contribution < -0.4 is 4.90 Å². The molecule has 1 saturated heterocycles. The summed E-state index contributed by atoms with van der Waals surface area (Å²) < 4.78 is 36.9. The van der Waals surface area contributed by atoms with Crippen molar-refractivity contribution in [1.29, 1.82) is 0 Å². The highest BCUT2D eigenvalue weighted by atomic mass is 35.5. The van der Waals surface area contributed by atoms with Crippen LogP contribution in [0.5, 0.6) is 0 Å². The van der Waals surface area contributed by atoms with Gasteiger partial charge < -0.3 is 4.90 Å². The highest BCUT2D eigenvalue weighted by Crippen LogP contribution is 2.23. The molecule has 2 rings (SSSR count). The van der Waals surface area contributed by atoms with Crippen LogP contribution in [-0.4, -0.2) is 48.8 Å². The molecular weight excluding hydrogens is 314 g/mol. The number of anilines is 1. The number of rotatable bonds is 3. The minimum Gasteiger partial charge on any atom is -0.354 e. The summed E-state index contributed by atoms with van der Waals surface area (Å²) in [5.41, 5.74) is 0.587. The Morgan fingerprint density at radius 2 is 1.80 bits per heavy atom. The van der Waals surface area contributed by atoms with Crippen LogP contribution in [0.4, 0.5) is 19.0 Å². The van der Waals surface area contributed by atoms with E-state index >= 15 is 0 Å². The fourth-order valence-electron chi connectivity index (χ4n) is 2.13. The standard InChI is InChI=1S/C12H14Cl2F3N3/c13-7-10-9(14)1-2-11(18-10)20-5-3-19(4-6-20)8-12(15,16)17/h1-2H,3-8H2. The van der Waals surface area contributed by atoms with Crippen LogP contribution in [0.15, 0.2) is 12.1 Å². The fourth-order valence-corrected chi connectivity index (χ4v) is 2.58. The monoisotopic (exact) mass is 327 g/mol. The summed E-state index contributed by atoms with van der Waals surface area (Å²) in [6, 6.07) is 3.47. The first-order valence-corrected chi connectivity index (χ1v) is 7.06. The van der Waals surface area contributed by atoms with Crippen LogP contribution in [0.2, 0.25) is 5.02 Å². The maximum Gasteiger partial charge on any atom is 0.401 e. The van der Waals surface area contributed by atoms with E-state index in [2.05, 4.69) is 4.98 Å². The highest BCUT2D eigenvalue weighted by Gasteiger charge is 2.32. The average molecular weight is 328 g/mol. The third-order valence-corrected chi connectivity index (χ3v) is 3.73. The molecule has 8 heteroatoms. The van der Waals surface area contributed by atoms with Crippen molar-refractivity contribution in [2.45, 2.75) is 12.1 Å². The Balaban J connectivity index is 1.97. The van der Waals surface area contributed by atoms with Gasteiger partial charge in [-0.05, 0) is 12.1 Å². The van der Waals surface area contributed by atoms with Gasteiger partial charge >= 0.3 is 6.18 Å². The van der Waals surface area contributed by atoms with E-state index in [0.717, 1.165) is 0 Å². The smallest absolute Gasteiger partial charge is 0.354 e. The molecule has 1 aromatic rings. The van der Waals surface area contributed by atoms with Crippen molar-refractivity contribution in [2.24, 2.45) is 0 Å². The molecule has 0 N–H and O–H groups in total. The molecule has 0 saturated carbocycles. The fraction of sp³-hybridized carbons (Fsp3) is 0.583. The van der Waals surface area contributed by atoms with E-state index < -0.39 is 12.7 Å². The molecule has 1 aromatic heterocycles. The SMILES string of the molecule is FC(F)(F)CN1CCN(c2ccc(Cl)c(CCl)n2)CC1. The van der Waals surface area contributed by atoms with E-state index in [1.165, 1.54) is 4.90 Å². The van der Waals surface area contributed by atoms with Gasteiger partial charge in [-0.25, -0.2) is 4.98 Å². The molecule has 112 valence electrons. The van der Waals surface area contributed by atoms with Crippen molar-refractivity contribution in [3.05, 3.63) is 22.8 Å². The molecule has 3 nitrogen and oxygen atoms in total. The number of pyridine rings is 1. The lowest BCUT2D eigenvalue weighted by atomic mass is 10.3. The first kappa shape index (κ1) is 15.7. The lowest BCUT2D eigenvalue weighted by molar-refractivity contribution is -0.146. The second-order valence-electron chi connectivity index (χ2n) is 4.61. The van der Waals surface area contributed by atoms with Crippen LogP contribution >= 0.6 is 23.2 Å². The average Bonchev–Trinajstić information content (AvgIpc) is 2.38. The quantitative estimate of drug-likeness (QED) is 0.795. The maximum atomic E-state index is 12.3. The molecule has 1 aliphatic rings. The van der Waals surface area contributed by atoms with E-state index in [4.69, 9.17) is 23.2 Å². The van der Waals surface area contributed by atoms with E-state index in [1.54, 1.807) is 12.1 Å². The number of aromatic nitrogens is 1. The third kappa shape index (κ3) is 4.14. The molecule has 0 aromatic carbocycles. The summed E-state index contributed by atoms with van der Waals surface area (Å²) in [5.74, 6) is 0.914. The molecule has 0 aliphatic carbocycles. The molecule has 0 spiro atoms. The number of halogens is 5. The molecule has 1 aliphatic heterocycles. The zero-order valence-electron chi connectivity index (χ0n) is 10.6. The van der Waals surface area contributed by atoms with Gasteiger partial charge in [-0.1, -0.05) is 11.6 Å². The van der Waals surface area contributed by atoms with Crippen molar-refractivity contribution >= 4 is 29.0 Å². The molecule has 0 unspecified atom stereocenters. The summed E-state index contributed by atoms with van der Waals surface area (Å²) in [6.07, 6.45) is -4.15. The van der Waals surface area contributed by atoms with Crippen LogP contribution in [0, 0.1) is 0 Å². The molecular formula is C12H14Cl2F3N3. The predicted molar refractivity (Wildman–Crippen MR) is 73.5 cm³/mol. The number of hydrogen-bond donors (Lipinski definition) is 0. The zero-order chi connectivity index (χ0) is 14.8. The number of hydrogen-bond acceptors (Lipinski definition) is 3. The Morgan fingerprint density at radius 3 is 2.35 bits per heavy atom. The van der Waals surface area contributed by atoms with Gasteiger partial charge in [0.15, 0.2) is 0 Å². The highest BCUT2D eigenvalue weighted by molar-refractivity contribution is 6.32. The van der Waals surface area contributed by atoms with Gasteiger partial charge in [0.25, 0.3) is 0 Å². The topological polar surface area (TPSA) is 19.4 Å². The predicted octanol–water partition coefficient (Wildman–Crippen LogP) is 3.16. The zero-order valence-corrected chi connectivity index (χ0v) is 12.1. The van der Waals surface area contributed by atoms with Crippen LogP contribution in [0.25, 0.3) is 0 Å². The van der Waals surface area contributed by atoms with Gasteiger partial charge in [-0.15, -0.1) is 11.6 Å². The minimum atomic E-state index is -4.15. The largest absolute Gasteiger partial charge is 0.401 e. The van der Waals surface area contributed by atoms with Gasteiger partial charge in [0.1, 0.15) is 5.82 Å². The first-order chi connectivity index (χ1) is 9.39. The summed E-state index contributed by atoms with van der Waals surface area (Å²) in [6.45, 7) is 0.876. The Morgan fingerprint density at radius 1 is 1.15 bits per heavy atom. The van der Waals surface area contributed by atoms with Crippen molar-refractivity contribution < 1.29 is 13.2 Å².